The summed E-state index contributed by atoms with van der Waals surface area (Å²) in [6.07, 6.45) is 0.122. The molecule has 1 N–H and O–H groups in total. The van der Waals surface area contributed by atoms with Crippen LogP contribution in [-0.4, -0.2) is 36.8 Å². The lowest BCUT2D eigenvalue weighted by atomic mass is 10.1. The van der Waals surface area contributed by atoms with Crippen LogP contribution in [0.15, 0.2) is 18.2 Å². The Morgan fingerprint density at radius 1 is 1.33 bits per heavy atom. The molecule has 0 aliphatic rings. The van der Waals surface area contributed by atoms with E-state index >= 15 is 0 Å². The highest BCUT2D eigenvalue weighted by Gasteiger charge is 2.09. The predicted octanol–water partition coefficient (Wildman–Crippen LogP) is 1.97. The van der Waals surface area contributed by atoms with E-state index in [-0.39, 0.29) is 19.3 Å². The first kappa shape index (κ1) is 14.7. The van der Waals surface area contributed by atoms with Crippen molar-refractivity contribution < 1.29 is 19.4 Å². The molecule has 4 heteroatoms. The molecule has 4 nitrogen and oxygen atoms in total. The molecular weight excluding hydrogens is 232 g/mol. The Balaban J connectivity index is 2.50. The van der Waals surface area contributed by atoms with Crippen molar-refractivity contribution in [1.29, 1.82) is 0 Å². The summed E-state index contributed by atoms with van der Waals surface area (Å²) in [6, 6.07) is 5.34. The number of carbonyl (C=O) groups excluding carboxylic acids is 1. The van der Waals surface area contributed by atoms with E-state index in [0.29, 0.717) is 11.3 Å². The summed E-state index contributed by atoms with van der Waals surface area (Å²) in [5.41, 5.74) is 1.49. The zero-order chi connectivity index (χ0) is 13.5. The van der Waals surface area contributed by atoms with Gasteiger partial charge >= 0.3 is 0 Å². The van der Waals surface area contributed by atoms with Crippen LogP contribution >= 0.6 is 0 Å². The van der Waals surface area contributed by atoms with E-state index in [4.69, 9.17) is 9.47 Å². The Hall–Kier alpha value is -1.39. The van der Waals surface area contributed by atoms with Gasteiger partial charge < -0.3 is 14.6 Å². The average Bonchev–Trinajstić information content (AvgIpc) is 2.34. The van der Waals surface area contributed by atoms with Gasteiger partial charge in [-0.05, 0) is 32.9 Å². The number of benzene rings is 1. The summed E-state index contributed by atoms with van der Waals surface area (Å²) >= 11 is 0. The lowest BCUT2D eigenvalue weighted by Gasteiger charge is -2.15. The maximum absolute atomic E-state index is 10.9. The Kier molecular flexibility index (Phi) is 5.82. The van der Waals surface area contributed by atoms with Crippen LogP contribution in [0.25, 0.3) is 0 Å². The van der Waals surface area contributed by atoms with E-state index in [1.165, 1.54) is 0 Å². The molecule has 1 atom stereocenters. The highest BCUT2D eigenvalue weighted by atomic mass is 16.5. The molecule has 0 radical (unpaired) electrons. The summed E-state index contributed by atoms with van der Waals surface area (Å²) in [5, 5.41) is 9.64. The number of aryl methyl sites for hydroxylation is 1. The minimum atomic E-state index is -0.701. The lowest BCUT2D eigenvalue weighted by molar-refractivity contribution is -0.0123. The molecule has 0 amide bonds. The summed E-state index contributed by atoms with van der Waals surface area (Å²) in [5.74, 6) is 0.485. The molecule has 0 saturated heterocycles. The molecule has 0 fully saturated rings. The molecule has 1 aromatic rings. The van der Waals surface area contributed by atoms with Crippen LogP contribution in [0.5, 0.6) is 5.75 Å². The smallest absolute Gasteiger partial charge is 0.153 e. The van der Waals surface area contributed by atoms with Gasteiger partial charge in [-0.2, -0.15) is 0 Å². The number of ether oxygens (including phenoxy) is 2. The minimum Gasteiger partial charge on any atom is -0.490 e. The average molecular weight is 252 g/mol. The number of aliphatic hydroxyl groups is 1. The normalized spacial score (nSPS) is 12.5. The molecule has 0 bridgehead atoms. The number of hydrogen-bond acceptors (Lipinski definition) is 4. The third kappa shape index (κ3) is 4.85. The molecule has 0 saturated carbocycles. The fourth-order valence-electron chi connectivity index (χ4n) is 1.43. The second kappa shape index (κ2) is 7.13. The van der Waals surface area contributed by atoms with Gasteiger partial charge in [0.1, 0.15) is 18.5 Å². The molecule has 1 rings (SSSR count). The van der Waals surface area contributed by atoms with Gasteiger partial charge in [0, 0.05) is 0 Å². The third-order valence-electron chi connectivity index (χ3n) is 2.35. The summed E-state index contributed by atoms with van der Waals surface area (Å²) < 4.78 is 10.7. The zero-order valence-corrected chi connectivity index (χ0v) is 11.1. The lowest BCUT2D eigenvalue weighted by Crippen LogP contribution is -2.25. The predicted molar refractivity (Wildman–Crippen MR) is 69.2 cm³/mol. The summed E-state index contributed by atoms with van der Waals surface area (Å²) in [4.78, 5) is 10.9. The number of hydrogen-bond donors (Lipinski definition) is 1. The minimum absolute atomic E-state index is 0.0737. The van der Waals surface area contributed by atoms with E-state index in [1.807, 2.05) is 26.8 Å². The van der Waals surface area contributed by atoms with E-state index in [0.717, 1.165) is 11.8 Å². The van der Waals surface area contributed by atoms with Crippen molar-refractivity contribution in [2.45, 2.75) is 33.0 Å². The molecule has 1 aromatic carbocycles. The monoisotopic (exact) mass is 252 g/mol. The molecule has 0 heterocycles. The van der Waals surface area contributed by atoms with Gasteiger partial charge in [-0.1, -0.05) is 11.6 Å². The number of aldehydes is 1. The van der Waals surface area contributed by atoms with E-state index in [1.54, 1.807) is 12.1 Å². The highest BCUT2D eigenvalue weighted by Crippen LogP contribution is 2.18. The standard InChI is InChI=1S/C14H20O4/c1-10(2)17-8-13(16)9-18-14-5-4-11(3)6-12(14)7-15/h4-7,10,13,16H,8-9H2,1-3H3. The SMILES string of the molecule is Cc1ccc(OCC(O)COC(C)C)c(C=O)c1. The molecule has 0 aliphatic carbocycles. The quantitative estimate of drug-likeness (QED) is 0.754. The molecular formula is C14H20O4. The molecule has 0 spiro atoms. The van der Waals surface area contributed by atoms with Crippen molar-refractivity contribution in [2.24, 2.45) is 0 Å². The zero-order valence-electron chi connectivity index (χ0n) is 11.1. The molecule has 0 aromatic heterocycles. The van der Waals surface area contributed by atoms with Crippen LogP contribution in [0.1, 0.15) is 29.8 Å². The highest BCUT2D eigenvalue weighted by molar-refractivity contribution is 5.79. The van der Waals surface area contributed by atoms with Gasteiger partial charge in [0.15, 0.2) is 6.29 Å². The van der Waals surface area contributed by atoms with Crippen LogP contribution in [-0.2, 0) is 4.74 Å². The largest absolute Gasteiger partial charge is 0.490 e. The molecule has 18 heavy (non-hydrogen) atoms. The maximum Gasteiger partial charge on any atom is 0.153 e. The maximum atomic E-state index is 10.9. The van der Waals surface area contributed by atoms with Gasteiger partial charge in [0.25, 0.3) is 0 Å². The van der Waals surface area contributed by atoms with Crippen molar-refractivity contribution in [3.63, 3.8) is 0 Å². The van der Waals surface area contributed by atoms with Crippen LogP contribution in [0.3, 0.4) is 0 Å². The second-order valence-corrected chi connectivity index (χ2v) is 4.51. The fourth-order valence-corrected chi connectivity index (χ4v) is 1.43. The number of aliphatic hydroxyl groups excluding tert-OH is 1. The van der Waals surface area contributed by atoms with Crippen LogP contribution in [0.2, 0.25) is 0 Å². The van der Waals surface area contributed by atoms with Crippen molar-refractivity contribution in [1.82, 2.24) is 0 Å². The van der Waals surface area contributed by atoms with Gasteiger partial charge in [-0.25, -0.2) is 0 Å². The summed E-state index contributed by atoms with van der Waals surface area (Å²) in [6.45, 7) is 6.04. The van der Waals surface area contributed by atoms with Gasteiger partial charge in [0.05, 0.1) is 18.3 Å². The van der Waals surface area contributed by atoms with Crippen LogP contribution < -0.4 is 4.74 Å². The third-order valence-corrected chi connectivity index (χ3v) is 2.35. The fraction of sp³-hybridized carbons (Fsp3) is 0.500. The van der Waals surface area contributed by atoms with E-state index in [2.05, 4.69) is 0 Å². The topological polar surface area (TPSA) is 55.8 Å². The Labute approximate surface area is 108 Å². The molecule has 0 aliphatic heterocycles. The van der Waals surface area contributed by atoms with Crippen LogP contribution in [0.4, 0.5) is 0 Å². The van der Waals surface area contributed by atoms with Crippen molar-refractivity contribution in [3.05, 3.63) is 29.3 Å². The Morgan fingerprint density at radius 2 is 2.06 bits per heavy atom. The Morgan fingerprint density at radius 3 is 2.67 bits per heavy atom. The second-order valence-electron chi connectivity index (χ2n) is 4.51. The van der Waals surface area contributed by atoms with Crippen molar-refractivity contribution in [2.75, 3.05) is 13.2 Å². The van der Waals surface area contributed by atoms with Gasteiger partial charge in [-0.15, -0.1) is 0 Å². The van der Waals surface area contributed by atoms with E-state index in [9.17, 15) is 9.90 Å². The van der Waals surface area contributed by atoms with Crippen molar-refractivity contribution >= 4 is 6.29 Å². The molecule has 100 valence electrons. The number of rotatable bonds is 7. The van der Waals surface area contributed by atoms with Crippen LogP contribution in [0, 0.1) is 6.92 Å². The van der Waals surface area contributed by atoms with Gasteiger partial charge in [-0.3, -0.25) is 4.79 Å². The first-order valence-electron chi connectivity index (χ1n) is 6.01. The van der Waals surface area contributed by atoms with E-state index < -0.39 is 6.10 Å². The number of carbonyl (C=O) groups is 1. The molecule has 1 unspecified atom stereocenters. The first-order valence-corrected chi connectivity index (χ1v) is 6.01. The first-order chi connectivity index (χ1) is 8.52. The summed E-state index contributed by atoms with van der Waals surface area (Å²) in [7, 11) is 0. The van der Waals surface area contributed by atoms with Gasteiger partial charge in [0.2, 0.25) is 0 Å². The Bertz CT molecular complexity index is 387. The van der Waals surface area contributed by atoms with Crippen molar-refractivity contribution in [3.8, 4) is 5.75 Å².